The molecule has 1 fully saturated rings. The molecule has 3 rings (SSSR count). The number of imidazole rings is 1. The van der Waals surface area contributed by atoms with E-state index in [0.29, 0.717) is 10.8 Å². The van der Waals surface area contributed by atoms with Gasteiger partial charge in [-0.25, -0.2) is 9.97 Å². The quantitative estimate of drug-likeness (QED) is 0.404. The van der Waals surface area contributed by atoms with Crippen molar-refractivity contribution in [1.82, 2.24) is 19.3 Å². The van der Waals surface area contributed by atoms with Crippen LogP contribution < -0.4 is 11.1 Å². The Morgan fingerprint density at radius 1 is 1.40 bits per heavy atom. The molecule has 1 aliphatic heterocycles. The van der Waals surface area contributed by atoms with Gasteiger partial charge in [0.25, 0.3) is 0 Å². The maximum absolute atomic E-state index is 6.10. The van der Waals surface area contributed by atoms with Gasteiger partial charge < -0.3 is 11.1 Å². The van der Waals surface area contributed by atoms with Crippen LogP contribution in [0.2, 0.25) is 0 Å². The van der Waals surface area contributed by atoms with Crippen LogP contribution >= 0.6 is 34.8 Å². The van der Waals surface area contributed by atoms with Crippen LogP contribution in [-0.4, -0.2) is 43.9 Å². The van der Waals surface area contributed by atoms with E-state index in [-0.39, 0.29) is 0 Å². The summed E-state index contributed by atoms with van der Waals surface area (Å²) in [6.45, 7) is 8.93. The number of anilines is 1. The van der Waals surface area contributed by atoms with Crippen molar-refractivity contribution < 1.29 is 0 Å². The molecule has 0 amide bonds. The number of hydrogen-bond acceptors (Lipinski definition) is 5. The molecule has 25 heavy (non-hydrogen) atoms. The Morgan fingerprint density at radius 2 is 2.08 bits per heavy atom. The van der Waals surface area contributed by atoms with Gasteiger partial charge in [0.15, 0.2) is 11.5 Å². The minimum atomic E-state index is 0.555. The van der Waals surface area contributed by atoms with Crippen molar-refractivity contribution in [1.29, 1.82) is 0 Å². The number of fused-ring (bicyclic) bond motifs is 1. The van der Waals surface area contributed by atoms with Gasteiger partial charge in [0.2, 0.25) is 0 Å². The smallest absolute Gasteiger partial charge is 0.181 e. The molecule has 2 aromatic heterocycles. The van der Waals surface area contributed by atoms with Crippen LogP contribution in [0.3, 0.4) is 0 Å². The summed E-state index contributed by atoms with van der Waals surface area (Å²) in [4.78, 5) is 11.8. The topological polar surface area (TPSA) is 71.5 Å². The minimum absolute atomic E-state index is 0.555. The van der Waals surface area contributed by atoms with Crippen molar-refractivity contribution >= 4 is 51.3 Å². The third-order valence-electron chi connectivity index (χ3n) is 3.73. The van der Waals surface area contributed by atoms with Gasteiger partial charge in [-0.2, -0.15) is 0 Å². The molecule has 0 radical (unpaired) electrons. The van der Waals surface area contributed by atoms with E-state index >= 15 is 0 Å². The Bertz CT molecular complexity index is 764. The Balaban J connectivity index is 0.00000109. The Hall–Kier alpha value is -1.26. The number of likely N-dealkylation sites (tertiary alicyclic amines) is 1. The maximum atomic E-state index is 6.10. The first-order valence-electron chi connectivity index (χ1n) is 8.52. The molecular formula is C17H25IN6S. The van der Waals surface area contributed by atoms with E-state index in [0.717, 1.165) is 40.4 Å². The summed E-state index contributed by atoms with van der Waals surface area (Å²) >= 11 is 7.64. The lowest BCUT2D eigenvalue weighted by molar-refractivity contribution is 0.367. The predicted molar refractivity (Wildman–Crippen MR) is 116 cm³/mol. The van der Waals surface area contributed by atoms with E-state index in [1.54, 1.807) is 0 Å². The summed E-state index contributed by atoms with van der Waals surface area (Å²) < 4.78 is 3.02. The Kier molecular flexibility index (Phi) is 7.57. The molecule has 0 aromatic carbocycles. The Labute approximate surface area is 168 Å². The average molecular weight is 472 g/mol. The zero-order valence-electron chi connectivity index (χ0n) is 14.9. The second-order valence-electron chi connectivity index (χ2n) is 5.70. The average Bonchev–Trinajstić information content (AvgIpc) is 3.19. The van der Waals surface area contributed by atoms with Crippen LogP contribution in [0.15, 0.2) is 24.2 Å². The van der Waals surface area contributed by atoms with Crippen molar-refractivity contribution in [2.24, 2.45) is 5.73 Å². The summed E-state index contributed by atoms with van der Waals surface area (Å²) in [6.07, 6.45) is 8.07. The van der Waals surface area contributed by atoms with Gasteiger partial charge in [-0.1, -0.05) is 26.1 Å². The lowest BCUT2D eigenvalue weighted by Crippen LogP contribution is -2.26. The second-order valence-corrected chi connectivity index (χ2v) is 7.24. The maximum Gasteiger partial charge on any atom is 0.181 e. The zero-order chi connectivity index (χ0) is 18.4. The number of halogens is 1. The van der Waals surface area contributed by atoms with E-state index < -0.39 is 0 Å². The third-order valence-corrected chi connectivity index (χ3v) is 4.75. The van der Waals surface area contributed by atoms with Crippen molar-refractivity contribution in [3.63, 3.8) is 0 Å². The van der Waals surface area contributed by atoms with E-state index in [4.69, 9.17) is 18.0 Å². The first-order chi connectivity index (χ1) is 12.0. The normalized spacial score (nSPS) is 15.1. The summed E-state index contributed by atoms with van der Waals surface area (Å²) in [5.41, 5.74) is 8.53. The van der Waals surface area contributed by atoms with Gasteiger partial charge in [0, 0.05) is 18.4 Å². The molecule has 0 unspecified atom stereocenters. The van der Waals surface area contributed by atoms with Gasteiger partial charge in [-0.15, -0.1) is 0 Å². The number of aromatic nitrogens is 3. The fourth-order valence-corrected chi connectivity index (χ4v) is 3.48. The van der Waals surface area contributed by atoms with Crippen LogP contribution in [-0.2, 0) is 0 Å². The molecular weight excluding hydrogens is 447 g/mol. The molecule has 0 aliphatic carbocycles. The van der Waals surface area contributed by atoms with Gasteiger partial charge >= 0.3 is 0 Å². The van der Waals surface area contributed by atoms with E-state index in [1.807, 2.05) is 43.6 Å². The molecule has 1 saturated heterocycles. The van der Waals surface area contributed by atoms with Crippen molar-refractivity contribution in [3.8, 4) is 0 Å². The molecule has 6 nitrogen and oxygen atoms in total. The summed E-state index contributed by atoms with van der Waals surface area (Å²) in [6, 6.07) is 0. The second kappa shape index (κ2) is 9.44. The van der Waals surface area contributed by atoms with Crippen molar-refractivity contribution in [2.45, 2.75) is 33.6 Å². The van der Waals surface area contributed by atoms with Crippen LogP contribution in [0, 0.1) is 10.6 Å². The molecule has 8 heteroatoms. The highest BCUT2D eigenvalue weighted by molar-refractivity contribution is 14.1. The highest BCUT2D eigenvalue weighted by Crippen LogP contribution is 2.17. The fraction of sp³-hybridized carbons (Fsp3) is 0.471. The number of aryl methyl sites for hydroxylation is 1. The van der Waals surface area contributed by atoms with E-state index in [1.165, 1.54) is 12.8 Å². The van der Waals surface area contributed by atoms with Crippen molar-refractivity contribution in [2.75, 3.05) is 25.0 Å². The van der Waals surface area contributed by atoms with Gasteiger partial charge in [-0.05, 0) is 61.5 Å². The monoisotopic (exact) mass is 472 g/mol. The van der Waals surface area contributed by atoms with Gasteiger partial charge in [-0.3, -0.25) is 9.30 Å². The number of thiocarbonyl (C=S) groups is 1. The van der Waals surface area contributed by atoms with Crippen LogP contribution in [0.5, 0.6) is 0 Å². The molecule has 136 valence electrons. The molecule has 3 N–H and O–H groups in total. The fourth-order valence-electron chi connectivity index (χ4n) is 2.73. The van der Waals surface area contributed by atoms with Gasteiger partial charge in [0.05, 0.1) is 11.9 Å². The molecule has 0 bridgehead atoms. The lowest BCUT2D eigenvalue weighted by Gasteiger charge is -2.14. The number of nitrogens with two attached hydrogens (primary N) is 1. The highest BCUT2D eigenvalue weighted by Gasteiger charge is 2.13. The molecule has 3 heterocycles. The van der Waals surface area contributed by atoms with Crippen LogP contribution in [0.1, 0.15) is 32.4 Å². The van der Waals surface area contributed by atoms with E-state index in [9.17, 15) is 0 Å². The molecule has 0 saturated carbocycles. The van der Waals surface area contributed by atoms with Crippen LogP contribution in [0.4, 0.5) is 5.82 Å². The number of hydrogen-bond donors (Lipinski definition) is 2. The predicted octanol–water partition coefficient (Wildman–Crippen LogP) is 3.35. The number of rotatable bonds is 4. The summed E-state index contributed by atoms with van der Waals surface area (Å²) in [5, 5.41) is 3.15. The van der Waals surface area contributed by atoms with Gasteiger partial charge in [0.1, 0.15) is 8.69 Å². The largest absolute Gasteiger partial charge is 0.401 e. The summed E-state index contributed by atoms with van der Waals surface area (Å²) in [5.74, 6) is 0.656. The van der Waals surface area contributed by atoms with Crippen molar-refractivity contribution in [3.05, 3.63) is 33.6 Å². The molecule has 0 spiro atoms. The Morgan fingerprint density at radius 3 is 2.76 bits per heavy atom. The standard InChI is InChI=1S/C15H19IN6S.C2H6/c1-10-8-22-12(16)7-18-15(22)14(19-10)20-13(23)6-11(17)9-21-4-2-3-5-21;1-2/h6-8H,2-5,9,17H2,1H3,(H,19,20,23);1-2H3/b11-6-;. The zero-order valence-corrected chi connectivity index (χ0v) is 17.9. The van der Waals surface area contributed by atoms with Crippen LogP contribution in [0.25, 0.3) is 5.65 Å². The third kappa shape index (κ3) is 5.35. The highest BCUT2D eigenvalue weighted by atomic mass is 127. The molecule has 1 aliphatic rings. The number of nitrogens with one attached hydrogen (secondary N) is 1. The first kappa shape index (κ1) is 20.1. The molecule has 0 atom stereocenters. The number of nitrogens with zero attached hydrogens (tertiary/aromatic N) is 4. The molecule has 2 aromatic rings. The van der Waals surface area contributed by atoms with E-state index in [2.05, 4.69) is 42.8 Å². The summed E-state index contributed by atoms with van der Waals surface area (Å²) in [7, 11) is 0. The SMILES string of the molecule is CC.Cc1cn2c(I)cnc2c(NC(=S)/C=C(\N)CN2CCCC2)n1. The minimum Gasteiger partial charge on any atom is -0.401 e. The first-order valence-corrected chi connectivity index (χ1v) is 10.0. The lowest BCUT2D eigenvalue weighted by atomic mass is 10.3.